The standard InChI is InChI=1S/C18H17N5O2/c1-12-4-2-3-5-13(12)9-21-10-14(8-19)25-18-22-16-11-20-7-6-15(16)17(24)23-18/h2-8,10-11,14,19H,9H2,1H3,(H,22,23,24). The third-order valence-corrected chi connectivity index (χ3v) is 3.67. The van der Waals surface area contributed by atoms with E-state index in [0.717, 1.165) is 17.3 Å². The fourth-order valence-electron chi connectivity index (χ4n) is 2.30. The monoisotopic (exact) mass is 335 g/mol. The smallest absolute Gasteiger partial charge is 0.298 e. The minimum Gasteiger partial charge on any atom is -0.450 e. The number of H-pyrrole nitrogens is 1. The molecule has 7 nitrogen and oxygen atoms in total. The normalized spacial score (nSPS) is 12.4. The number of fused-ring (bicyclic) bond motifs is 1. The molecule has 0 radical (unpaired) electrons. The number of ether oxygens (including phenoxy) is 1. The van der Waals surface area contributed by atoms with Crippen molar-refractivity contribution in [2.75, 3.05) is 0 Å². The molecule has 1 atom stereocenters. The highest BCUT2D eigenvalue weighted by molar-refractivity contribution is 5.85. The number of aliphatic imine (C=N–C) groups is 1. The van der Waals surface area contributed by atoms with Crippen LogP contribution >= 0.6 is 0 Å². The van der Waals surface area contributed by atoms with Crippen LogP contribution in [0.5, 0.6) is 6.01 Å². The molecule has 3 rings (SSSR count). The minimum atomic E-state index is -0.721. The van der Waals surface area contributed by atoms with Crippen molar-refractivity contribution < 1.29 is 4.74 Å². The fraction of sp³-hybridized carbons (Fsp3) is 0.167. The molecular weight excluding hydrogens is 318 g/mol. The average Bonchev–Trinajstić information content (AvgIpc) is 2.62. The number of rotatable bonds is 6. The highest BCUT2D eigenvalue weighted by atomic mass is 16.5. The Morgan fingerprint density at radius 1 is 1.36 bits per heavy atom. The van der Waals surface area contributed by atoms with E-state index in [4.69, 9.17) is 10.1 Å². The molecule has 3 aromatic rings. The first kappa shape index (κ1) is 16.5. The number of nitrogens with one attached hydrogen (secondary N) is 2. The van der Waals surface area contributed by atoms with Crippen LogP contribution in [0.2, 0.25) is 0 Å². The summed E-state index contributed by atoms with van der Waals surface area (Å²) >= 11 is 0. The Morgan fingerprint density at radius 3 is 3.00 bits per heavy atom. The average molecular weight is 335 g/mol. The molecule has 2 N–H and O–H groups in total. The van der Waals surface area contributed by atoms with Crippen LogP contribution in [0.4, 0.5) is 0 Å². The number of pyridine rings is 1. The van der Waals surface area contributed by atoms with Gasteiger partial charge >= 0.3 is 0 Å². The molecule has 0 bridgehead atoms. The van der Waals surface area contributed by atoms with Gasteiger partial charge in [-0.25, -0.2) is 0 Å². The summed E-state index contributed by atoms with van der Waals surface area (Å²) in [6.45, 7) is 2.51. The topological polar surface area (TPSA) is 104 Å². The van der Waals surface area contributed by atoms with E-state index in [1.54, 1.807) is 6.07 Å². The maximum Gasteiger partial charge on any atom is 0.298 e. The Kier molecular flexibility index (Phi) is 4.94. The van der Waals surface area contributed by atoms with E-state index in [0.29, 0.717) is 17.4 Å². The highest BCUT2D eigenvalue weighted by Crippen LogP contribution is 2.10. The van der Waals surface area contributed by atoms with Gasteiger partial charge in [0.25, 0.3) is 11.6 Å². The molecule has 2 aromatic heterocycles. The molecule has 1 aromatic carbocycles. The fourth-order valence-corrected chi connectivity index (χ4v) is 2.30. The lowest BCUT2D eigenvalue weighted by Crippen LogP contribution is -2.22. The first-order valence-corrected chi connectivity index (χ1v) is 7.73. The summed E-state index contributed by atoms with van der Waals surface area (Å²) in [6, 6.07) is 9.57. The van der Waals surface area contributed by atoms with Crippen molar-refractivity contribution in [3.8, 4) is 6.01 Å². The van der Waals surface area contributed by atoms with Gasteiger partial charge < -0.3 is 10.1 Å². The number of hydrogen-bond acceptors (Lipinski definition) is 6. The van der Waals surface area contributed by atoms with Gasteiger partial charge in [0.05, 0.1) is 23.6 Å². The quantitative estimate of drug-likeness (QED) is 0.674. The maximum atomic E-state index is 12.0. The van der Waals surface area contributed by atoms with Gasteiger partial charge in [0.15, 0.2) is 6.10 Å². The van der Waals surface area contributed by atoms with Crippen LogP contribution in [0.3, 0.4) is 0 Å². The molecule has 0 saturated carbocycles. The lowest BCUT2D eigenvalue weighted by atomic mass is 10.1. The highest BCUT2D eigenvalue weighted by Gasteiger charge is 2.09. The largest absolute Gasteiger partial charge is 0.450 e. The SMILES string of the molecule is Cc1ccccc1CN=CC(C=N)Oc1nc2cnccc2c(=O)[nH]1. The number of aromatic nitrogens is 3. The number of hydrogen-bond donors (Lipinski definition) is 2. The molecule has 0 fully saturated rings. The number of aryl methyl sites for hydroxylation is 1. The van der Waals surface area contributed by atoms with Gasteiger partial charge in [-0.2, -0.15) is 4.98 Å². The van der Waals surface area contributed by atoms with Crippen molar-refractivity contribution in [1.82, 2.24) is 15.0 Å². The second kappa shape index (κ2) is 7.48. The molecule has 0 spiro atoms. The number of benzene rings is 1. The predicted molar refractivity (Wildman–Crippen MR) is 96.7 cm³/mol. The van der Waals surface area contributed by atoms with E-state index in [2.05, 4.69) is 19.9 Å². The van der Waals surface area contributed by atoms with Gasteiger partial charge in [-0.1, -0.05) is 24.3 Å². The second-order valence-corrected chi connectivity index (χ2v) is 5.43. The van der Waals surface area contributed by atoms with E-state index in [1.165, 1.54) is 18.6 Å². The van der Waals surface area contributed by atoms with Crippen LogP contribution < -0.4 is 10.3 Å². The molecule has 2 heterocycles. The van der Waals surface area contributed by atoms with Gasteiger partial charge in [-0.05, 0) is 24.1 Å². The van der Waals surface area contributed by atoms with Gasteiger partial charge in [0.1, 0.15) is 0 Å². The van der Waals surface area contributed by atoms with Gasteiger partial charge in [-0.15, -0.1) is 0 Å². The van der Waals surface area contributed by atoms with E-state index in [9.17, 15) is 4.79 Å². The number of nitrogens with zero attached hydrogens (tertiary/aromatic N) is 3. The predicted octanol–water partition coefficient (Wildman–Crippen LogP) is 2.29. The van der Waals surface area contributed by atoms with E-state index in [-0.39, 0.29) is 11.6 Å². The van der Waals surface area contributed by atoms with Crippen molar-refractivity contribution in [3.63, 3.8) is 0 Å². The summed E-state index contributed by atoms with van der Waals surface area (Å²) in [5.74, 6) is 0. The van der Waals surface area contributed by atoms with Crippen LogP contribution in [0.1, 0.15) is 11.1 Å². The molecule has 0 amide bonds. The molecule has 0 aliphatic rings. The van der Waals surface area contributed by atoms with Gasteiger partial charge in [0.2, 0.25) is 0 Å². The van der Waals surface area contributed by atoms with Crippen molar-refractivity contribution in [3.05, 3.63) is 64.2 Å². The van der Waals surface area contributed by atoms with Gasteiger partial charge in [-0.3, -0.25) is 19.8 Å². The molecular formula is C18H17N5O2. The Balaban J connectivity index is 1.74. The zero-order chi connectivity index (χ0) is 17.6. The van der Waals surface area contributed by atoms with Gasteiger partial charge in [0, 0.05) is 18.6 Å². The summed E-state index contributed by atoms with van der Waals surface area (Å²) in [4.78, 5) is 27.0. The van der Waals surface area contributed by atoms with Crippen LogP contribution in [-0.2, 0) is 6.54 Å². The maximum absolute atomic E-state index is 12.0. The molecule has 1 unspecified atom stereocenters. The molecule has 126 valence electrons. The second-order valence-electron chi connectivity index (χ2n) is 5.43. The summed E-state index contributed by atoms with van der Waals surface area (Å²) in [5.41, 5.74) is 2.37. The molecule has 7 heteroatoms. The van der Waals surface area contributed by atoms with Crippen LogP contribution in [-0.4, -0.2) is 33.5 Å². The lowest BCUT2D eigenvalue weighted by Gasteiger charge is -2.09. The van der Waals surface area contributed by atoms with E-state index < -0.39 is 6.10 Å². The summed E-state index contributed by atoms with van der Waals surface area (Å²) < 4.78 is 5.53. The van der Waals surface area contributed by atoms with Crippen LogP contribution in [0, 0.1) is 12.3 Å². The third-order valence-electron chi connectivity index (χ3n) is 3.67. The summed E-state index contributed by atoms with van der Waals surface area (Å²) in [7, 11) is 0. The zero-order valence-corrected chi connectivity index (χ0v) is 13.6. The molecule has 25 heavy (non-hydrogen) atoms. The van der Waals surface area contributed by atoms with E-state index >= 15 is 0 Å². The molecule has 0 saturated heterocycles. The lowest BCUT2D eigenvalue weighted by molar-refractivity contribution is 0.309. The Hall–Kier alpha value is -3.35. The van der Waals surface area contributed by atoms with Crippen molar-refractivity contribution in [2.45, 2.75) is 19.6 Å². The molecule has 0 aliphatic carbocycles. The Morgan fingerprint density at radius 2 is 2.20 bits per heavy atom. The third kappa shape index (κ3) is 3.95. The first-order chi connectivity index (χ1) is 12.2. The Bertz CT molecular complexity index is 980. The van der Waals surface area contributed by atoms with Crippen LogP contribution in [0.15, 0.2) is 52.5 Å². The van der Waals surface area contributed by atoms with Crippen molar-refractivity contribution in [2.24, 2.45) is 4.99 Å². The van der Waals surface area contributed by atoms with E-state index in [1.807, 2.05) is 31.2 Å². The number of aromatic amines is 1. The molecule has 0 aliphatic heterocycles. The minimum absolute atomic E-state index is 0.0290. The first-order valence-electron chi connectivity index (χ1n) is 7.73. The van der Waals surface area contributed by atoms with Crippen molar-refractivity contribution in [1.29, 1.82) is 5.41 Å². The summed E-state index contributed by atoms with van der Waals surface area (Å²) in [5, 5.41) is 7.91. The van der Waals surface area contributed by atoms with Crippen molar-refractivity contribution >= 4 is 23.3 Å². The summed E-state index contributed by atoms with van der Waals surface area (Å²) in [6.07, 6.45) is 4.91. The zero-order valence-electron chi connectivity index (χ0n) is 13.6. The Labute approximate surface area is 144 Å². The van der Waals surface area contributed by atoms with Crippen LogP contribution in [0.25, 0.3) is 10.9 Å².